The lowest BCUT2D eigenvalue weighted by molar-refractivity contribution is 0.253. The molecule has 1 saturated heterocycles. The van der Waals surface area contributed by atoms with Crippen molar-refractivity contribution < 1.29 is 9.84 Å². The molecule has 1 fully saturated rings. The van der Waals surface area contributed by atoms with Gasteiger partial charge in [0.05, 0.1) is 19.3 Å². The van der Waals surface area contributed by atoms with Gasteiger partial charge in [0.2, 0.25) is 0 Å². The van der Waals surface area contributed by atoms with E-state index in [2.05, 4.69) is 15.3 Å². The summed E-state index contributed by atoms with van der Waals surface area (Å²) in [7, 11) is 1.62. The summed E-state index contributed by atoms with van der Waals surface area (Å²) < 4.78 is 7.28. The maximum absolute atomic E-state index is 12.6. The first-order chi connectivity index (χ1) is 12.2. The van der Waals surface area contributed by atoms with E-state index in [-0.39, 0.29) is 49.1 Å². The van der Waals surface area contributed by atoms with Gasteiger partial charge in [-0.2, -0.15) is 0 Å². The van der Waals surface area contributed by atoms with E-state index < -0.39 is 0 Å². The molecule has 0 unspecified atom stereocenters. The Labute approximate surface area is 168 Å². The minimum atomic E-state index is -0.171. The van der Waals surface area contributed by atoms with Crippen molar-refractivity contribution >= 4 is 35.7 Å². The van der Waals surface area contributed by atoms with Gasteiger partial charge in [-0.15, -0.1) is 24.8 Å². The SMILES string of the molecule is COc1ccc2[nH]c(=O)c(-c3nccn3[C@@H]3CN[C@H](CO)C3)cc2c1.Cl.Cl. The van der Waals surface area contributed by atoms with Crippen LogP contribution in [-0.2, 0) is 0 Å². The van der Waals surface area contributed by atoms with Crippen molar-refractivity contribution in [2.75, 3.05) is 20.3 Å². The number of hydrogen-bond acceptors (Lipinski definition) is 5. The highest BCUT2D eigenvalue weighted by Crippen LogP contribution is 2.27. The molecule has 2 aromatic heterocycles. The zero-order chi connectivity index (χ0) is 17.4. The minimum Gasteiger partial charge on any atom is -0.497 e. The Morgan fingerprint density at radius 3 is 2.85 bits per heavy atom. The number of imidazole rings is 1. The Bertz CT molecular complexity index is 973. The predicted molar refractivity (Wildman–Crippen MR) is 109 cm³/mol. The first-order valence-corrected chi connectivity index (χ1v) is 8.28. The first kappa shape index (κ1) is 21.2. The van der Waals surface area contributed by atoms with Crippen LogP contribution in [0.1, 0.15) is 12.5 Å². The van der Waals surface area contributed by atoms with Crippen molar-refractivity contribution in [1.82, 2.24) is 19.9 Å². The average molecular weight is 413 g/mol. The molecule has 146 valence electrons. The molecule has 1 aliphatic heterocycles. The van der Waals surface area contributed by atoms with Crippen LogP contribution >= 0.6 is 24.8 Å². The van der Waals surface area contributed by atoms with Crippen LogP contribution in [0.25, 0.3) is 22.3 Å². The third-order valence-electron chi connectivity index (χ3n) is 4.77. The number of benzene rings is 1. The molecule has 0 amide bonds. The van der Waals surface area contributed by atoms with Crippen LogP contribution in [0.15, 0.2) is 41.5 Å². The molecule has 1 aromatic carbocycles. The van der Waals surface area contributed by atoms with Crippen molar-refractivity contribution in [3.05, 3.63) is 47.0 Å². The van der Waals surface area contributed by atoms with E-state index in [0.29, 0.717) is 11.4 Å². The lowest BCUT2D eigenvalue weighted by Crippen LogP contribution is -2.24. The molecule has 2 atom stereocenters. The number of aromatic amines is 1. The fourth-order valence-electron chi connectivity index (χ4n) is 3.44. The summed E-state index contributed by atoms with van der Waals surface area (Å²) in [6.45, 7) is 0.852. The normalized spacial score (nSPS) is 18.7. The zero-order valence-electron chi connectivity index (χ0n) is 14.7. The number of methoxy groups -OCH3 is 1. The Morgan fingerprint density at radius 2 is 2.15 bits per heavy atom. The van der Waals surface area contributed by atoms with Gasteiger partial charge in [0.25, 0.3) is 5.56 Å². The highest BCUT2D eigenvalue weighted by molar-refractivity contribution is 5.85. The number of hydrogen-bond donors (Lipinski definition) is 3. The van der Waals surface area contributed by atoms with Crippen molar-refractivity contribution in [1.29, 1.82) is 0 Å². The molecular formula is C18H22Cl2N4O3. The molecule has 4 rings (SSSR count). The van der Waals surface area contributed by atoms with E-state index >= 15 is 0 Å². The fourth-order valence-corrected chi connectivity index (χ4v) is 3.44. The predicted octanol–water partition coefficient (Wildman–Crippen LogP) is 2.14. The highest BCUT2D eigenvalue weighted by Gasteiger charge is 2.27. The summed E-state index contributed by atoms with van der Waals surface area (Å²) in [5.41, 5.74) is 1.11. The van der Waals surface area contributed by atoms with E-state index in [1.54, 1.807) is 13.3 Å². The second-order valence-electron chi connectivity index (χ2n) is 6.30. The van der Waals surface area contributed by atoms with Crippen molar-refractivity contribution in [3.63, 3.8) is 0 Å². The summed E-state index contributed by atoms with van der Waals surface area (Å²) in [6.07, 6.45) is 4.40. The summed E-state index contributed by atoms with van der Waals surface area (Å²) in [5, 5.41) is 13.5. The van der Waals surface area contributed by atoms with Gasteiger partial charge in [-0.25, -0.2) is 4.98 Å². The average Bonchev–Trinajstić information content (AvgIpc) is 3.29. The van der Waals surface area contributed by atoms with Gasteiger partial charge in [-0.3, -0.25) is 4.79 Å². The van der Waals surface area contributed by atoms with E-state index in [1.165, 1.54) is 0 Å². The molecule has 0 bridgehead atoms. The Hall–Kier alpha value is -2.06. The number of fused-ring (bicyclic) bond motifs is 1. The molecule has 0 spiro atoms. The summed E-state index contributed by atoms with van der Waals surface area (Å²) in [6, 6.07) is 7.63. The number of H-pyrrole nitrogens is 1. The molecular weight excluding hydrogens is 391 g/mol. The molecule has 0 radical (unpaired) electrons. The number of ether oxygens (including phenoxy) is 1. The van der Waals surface area contributed by atoms with E-state index in [0.717, 1.165) is 29.6 Å². The van der Waals surface area contributed by atoms with Gasteiger partial charge in [0.1, 0.15) is 11.6 Å². The number of nitrogens with one attached hydrogen (secondary N) is 2. The molecule has 0 aliphatic carbocycles. The van der Waals surface area contributed by atoms with Gasteiger partial charge >= 0.3 is 0 Å². The second kappa shape index (κ2) is 8.75. The molecule has 3 heterocycles. The lowest BCUT2D eigenvalue weighted by Gasteiger charge is -2.15. The number of aromatic nitrogens is 3. The number of aliphatic hydroxyl groups is 1. The van der Waals surface area contributed by atoms with Crippen LogP contribution in [0.2, 0.25) is 0 Å². The summed E-state index contributed by atoms with van der Waals surface area (Å²) in [5.74, 6) is 1.37. The van der Waals surface area contributed by atoms with Crippen LogP contribution in [0.5, 0.6) is 5.75 Å². The minimum absolute atomic E-state index is 0. The third-order valence-corrected chi connectivity index (χ3v) is 4.77. The molecule has 9 heteroatoms. The highest BCUT2D eigenvalue weighted by atomic mass is 35.5. The van der Waals surface area contributed by atoms with E-state index in [1.807, 2.05) is 35.0 Å². The zero-order valence-corrected chi connectivity index (χ0v) is 16.3. The summed E-state index contributed by atoms with van der Waals surface area (Å²) >= 11 is 0. The molecule has 3 aromatic rings. The van der Waals surface area contributed by atoms with Gasteiger partial charge in [-0.1, -0.05) is 0 Å². The Balaban J connectivity index is 0.00000131. The molecule has 1 aliphatic rings. The number of halogens is 2. The lowest BCUT2D eigenvalue weighted by atomic mass is 10.1. The maximum Gasteiger partial charge on any atom is 0.259 e. The van der Waals surface area contributed by atoms with Crippen LogP contribution in [0.3, 0.4) is 0 Å². The number of pyridine rings is 1. The fraction of sp³-hybridized carbons (Fsp3) is 0.333. The standard InChI is InChI=1S/C18H20N4O3.2ClH/c1-25-14-2-3-16-11(6-14)7-15(18(24)21-16)17-19-4-5-22(17)13-8-12(10-23)20-9-13;;/h2-7,12-13,20,23H,8-10H2,1H3,(H,21,24);2*1H/t12-,13-;;/m0../s1. The van der Waals surface area contributed by atoms with Crippen LogP contribution in [0, 0.1) is 0 Å². The topological polar surface area (TPSA) is 92.2 Å². The van der Waals surface area contributed by atoms with Crippen LogP contribution < -0.4 is 15.6 Å². The molecule has 7 nitrogen and oxygen atoms in total. The van der Waals surface area contributed by atoms with Gasteiger partial charge in [0, 0.05) is 41.9 Å². The molecule has 27 heavy (non-hydrogen) atoms. The largest absolute Gasteiger partial charge is 0.497 e. The van der Waals surface area contributed by atoms with Crippen LogP contribution in [0.4, 0.5) is 0 Å². The summed E-state index contributed by atoms with van der Waals surface area (Å²) in [4.78, 5) is 19.9. The molecule has 0 saturated carbocycles. The van der Waals surface area contributed by atoms with Crippen molar-refractivity contribution in [3.8, 4) is 17.1 Å². The Kier molecular flexibility index (Phi) is 6.89. The van der Waals surface area contributed by atoms with Gasteiger partial charge in [0.15, 0.2) is 0 Å². The maximum atomic E-state index is 12.6. The van der Waals surface area contributed by atoms with Crippen LogP contribution in [-0.4, -0.2) is 45.9 Å². The van der Waals surface area contributed by atoms with Crippen molar-refractivity contribution in [2.24, 2.45) is 0 Å². The second-order valence-corrected chi connectivity index (χ2v) is 6.30. The number of aliphatic hydroxyl groups excluding tert-OH is 1. The first-order valence-electron chi connectivity index (χ1n) is 8.28. The third kappa shape index (κ3) is 3.96. The van der Waals surface area contributed by atoms with Gasteiger partial charge in [-0.05, 0) is 30.7 Å². The quantitative estimate of drug-likeness (QED) is 0.610. The Morgan fingerprint density at radius 1 is 1.33 bits per heavy atom. The number of rotatable bonds is 4. The van der Waals surface area contributed by atoms with E-state index in [9.17, 15) is 9.90 Å². The van der Waals surface area contributed by atoms with Crippen molar-refractivity contribution in [2.45, 2.75) is 18.5 Å². The number of nitrogens with zero attached hydrogens (tertiary/aromatic N) is 2. The van der Waals surface area contributed by atoms with E-state index in [4.69, 9.17) is 4.74 Å². The molecule has 3 N–H and O–H groups in total. The van der Waals surface area contributed by atoms with Gasteiger partial charge < -0.3 is 24.7 Å². The monoisotopic (exact) mass is 412 g/mol. The smallest absolute Gasteiger partial charge is 0.259 e.